The monoisotopic (exact) mass is 323 g/mol. The molecule has 1 heterocycles. The number of hydrogen-bond acceptors (Lipinski definition) is 5. The van der Waals surface area contributed by atoms with Gasteiger partial charge in [0, 0.05) is 5.56 Å². The van der Waals surface area contributed by atoms with Gasteiger partial charge in [-0.2, -0.15) is 4.68 Å². The van der Waals surface area contributed by atoms with E-state index >= 15 is 0 Å². The number of carbonyl (C=O) groups is 1. The van der Waals surface area contributed by atoms with Crippen molar-refractivity contribution in [3.05, 3.63) is 65.5 Å². The molecule has 1 N–H and O–H groups in total. The van der Waals surface area contributed by atoms with Gasteiger partial charge in [-0.25, -0.2) is 0 Å². The Morgan fingerprint density at radius 1 is 1.21 bits per heavy atom. The number of carbonyl (C=O) groups excluding carboxylic acids is 1. The minimum atomic E-state index is -0.164. The lowest BCUT2D eigenvalue weighted by Crippen LogP contribution is -2.24. The zero-order valence-corrected chi connectivity index (χ0v) is 13.4. The van der Waals surface area contributed by atoms with Crippen molar-refractivity contribution in [2.45, 2.75) is 13.5 Å². The number of ether oxygens (including phenoxy) is 1. The molecule has 122 valence electrons. The molecular formula is C17H17N5O2. The molecule has 2 aromatic carbocycles. The van der Waals surface area contributed by atoms with Gasteiger partial charge < -0.3 is 10.1 Å². The molecule has 0 spiro atoms. The number of aromatic nitrogens is 4. The molecule has 1 amide bonds. The minimum absolute atomic E-state index is 0.164. The van der Waals surface area contributed by atoms with E-state index < -0.39 is 0 Å². The Bertz CT molecular complexity index is 842. The van der Waals surface area contributed by atoms with Crippen LogP contribution in [0.2, 0.25) is 0 Å². The van der Waals surface area contributed by atoms with Crippen LogP contribution in [-0.4, -0.2) is 33.2 Å². The van der Waals surface area contributed by atoms with Crippen LogP contribution in [0.1, 0.15) is 21.7 Å². The van der Waals surface area contributed by atoms with Gasteiger partial charge in [0.15, 0.2) is 5.82 Å². The van der Waals surface area contributed by atoms with E-state index in [0.29, 0.717) is 11.4 Å². The molecule has 7 heteroatoms. The third-order valence-corrected chi connectivity index (χ3v) is 3.54. The SMILES string of the molecule is COc1ccc(-n2nnnc2CNC(=O)c2cccc(C)c2)cc1. The molecular weight excluding hydrogens is 306 g/mol. The molecule has 0 saturated carbocycles. The van der Waals surface area contributed by atoms with Crippen molar-refractivity contribution in [3.63, 3.8) is 0 Å². The normalized spacial score (nSPS) is 10.4. The number of tetrazole rings is 1. The van der Waals surface area contributed by atoms with Crippen molar-refractivity contribution < 1.29 is 9.53 Å². The highest BCUT2D eigenvalue weighted by molar-refractivity contribution is 5.94. The molecule has 0 unspecified atom stereocenters. The van der Waals surface area contributed by atoms with E-state index in [9.17, 15) is 4.79 Å². The first-order chi connectivity index (χ1) is 11.7. The summed E-state index contributed by atoms with van der Waals surface area (Å²) in [6, 6.07) is 14.8. The molecule has 0 fully saturated rings. The first kappa shape index (κ1) is 15.7. The van der Waals surface area contributed by atoms with Crippen LogP contribution in [-0.2, 0) is 6.54 Å². The fourth-order valence-electron chi connectivity index (χ4n) is 2.29. The summed E-state index contributed by atoms with van der Waals surface area (Å²) in [5.74, 6) is 1.13. The number of benzene rings is 2. The number of rotatable bonds is 5. The van der Waals surface area contributed by atoms with Crippen LogP contribution >= 0.6 is 0 Å². The lowest BCUT2D eigenvalue weighted by atomic mass is 10.1. The molecule has 7 nitrogen and oxygen atoms in total. The quantitative estimate of drug-likeness (QED) is 0.775. The number of aryl methyl sites for hydroxylation is 1. The Kier molecular flexibility index (Phi) is 4.51. The first-order valence-electron chi connectivity index (χ1n) is 7.44. The van der Waals surface area contributed by atoms with E-state index in [2.05, 4.69) is 20.8 Å². The molecule has 0 aliphatic carbocycles. The van der Waals surface area contributed by atoms with Crippen molar-refractivity contribution in [1.29, 1.82) is 0 Å². The Balaban J connectivity index is 1.72. The van der Waals surface area contributed by atoms with Gasteiger partial charge in [-0.05, 0) is 53.7 Å². The topological polar surface area (TPSA) is 81.9 Å². The summed E-state index contributed by atoms with van der Waals surface area (Å²) in [6.07, 6.45) is 0. The lowest BCUT2D eigenvalue weighted by molar-refractivity contribution is 0.0949. The summed E-state index contributed by atoms with van der Waals surface area (Å²) < 4.78 is 6.72. The van der Waals surface area contributed by atoms with Crippen molar-refractivity contribution in [3.8, 4) is 11.4 Å². The van der Waals surface area contributed by atoms with Gasteiger partial charge in [0.25, 0.3) is 5.91 Å². The van der Waals surface area contributed by atoms with Crippen LogP contribution in [0.4, 0.5) is 0 Å². The predicted molar refractivity (Wildman–Crippen MR) is 88.1 cm³/mol. The maximum absolute atomic E-state index is 12.2. The highest BCUT2D eigenvalue weighted by atomic mass is 16.5. The molecule has 0 radical (unpaired) electrons. The fourth-order valence-corrected chi connectivity index (χ4v) is 2.29. The molecule has 24 heavy (non-hydrogen) atoms. The third-order valence-electron chi connectivity index (χ3n) is 3.54. The maximum Gasteiger partial charge on any atom is 0.251 e. The molecule has 0 aliphatic rings. The number of amides is 1. The maximum atomic E-state index is 12.2. The third kappa shape index (κ3) is 3.40. The minimum Gasteiger partial charge on any atom is -0.497 e. The van der Waals surface area contributed by atoms with Gasteiger partial charge in [0.1, 0.15) is 5.75 Å². The van der Waals surface area contributed by atoms with Crippen molar-refractivity contribution in [1.82, 2.24) is 25.5 Å². The largest absolute Gasteiger partial charge is 0.497 e. The number of hydrogen-bond donors (Lipinski definition) is 1. The van der Waals surface area contributed by atoms with Gasteiger partial charge in [-0.1, -0.05) is 17.7 Å². The molecule has 0 saturated heterocycles. The summed E-state index contributed by atoms with van der Waals surface area (Å²) in [5.41, 5.74) is 2.43. The van der Waals surface area contributed by atoms with Crippen LogP contribution in [0.15, 0.2) is 48.5 Å². The summed E-state index contributed by atoms with van der Waals surface area (Å²) >= 11 is 0. The highest BCUT2D eigenvalue weighted by Crippen LogP contribution is 2.14. The zero-order valence-electron chi connectivity index (χ0n) is 13.4. The highest BCUT2D eigenvalue weighted by Gasteiger charge is 2.11. The van der Waals surface area contributed by atoms with Gasteiger partial charge in [0.05, 0.1) is 19.3 Å². The standard InChI is InChI=1S/C17H17N5O2/c1-12-4-3-5-13(10-12)17(23)18-11-16-19-20-21-22(16)14-6-8-15(24-2)9-7-14/h3-10H,11H2,1-2H3,(H,18,23). The van der Waals surface area contributed by atoms with Crippen LogP contribution in [0.3, 0.4) is 0 Å². The molecule has 1 aromatic heterocycles. The van der Waals surface area contributed by atoms with Crippen molar-refractivity contribution in [2.24, 2.45) is 0 Å². The van der Waals surface area contributed by atoms with Crippen LogP contribution < -0.4 is 10.1 Å². The number of nitrogens with one attached hydrogen (secondary N) is 1. The lowest BCUT2D eigenvalue weighted by Gasteiger charge is -2.07. The van der Waals surface area contributed by atoms with Crippen LogP contribution in [0.5, 0.6) is 5.75 Å². The summed E-state index contributed by atoms with van der Waals surface area (Å²) in [6.45, 7) is 2.17. The molecule has 3 aromatic rings. The second-order valence-electron chi connectivity index (χ2n) is 5.26. The van der Waals surface area contributed by atoms with Crippen molar-refractivity contribution >= 4 is 5.91 Å². The van der Waals surface area contributed by atoms with E-state index in [1.807, 2.05) is 49.4 Å². The van der Waals surface area contributed by atoms with E-state index in [4.69, 9.17) is 4.74 Å². The Morgan fingerprint density at radius 2 is 2.00 bits per heavy atom. The number of nitrogens with zero attached hydrogens (tertiary/aromatic N) is 4. The van der Waals surface area contributed by atoms with Gasteiger partial charge >= 0.3 is 0 Å². The zero-order chi connectivity index (χ0) is 16.9. The Morgan fingerprint density at radius 3 is 2.71 bits per heavy atom. The van der Waals surface area contributed by atoms with Crippen LogP contribution in [0, 0.1) is 6.92 Å². The van der Waals surface area contributed by atoms with E-state index in [1.165, 1.54) is 0 Å². The second kappa shape index (κ2) is 6.91. The van der Waals surface area contributed by atoms with E-state index in [0.717, 1.165) is 17.0 Å². The van der Waals surface area contributed by atoms with E-state index in [1.54, 1.807) is 17.9 Å². The fraction of sp³-hybridized carbons (Fsp3) is 0.176. The number of methoxy groups -OCH3 is 1. The van der Waals surface area contributed by atoms with Crippen LogP contribution in [0.25, 0.3) is 5.69 Å². The van der Waals surface area contributed by atoms with E-state index in [-0.39, 0.29) is 12.5 Å². The summed E-state index contributed by atoms with van der Waals surface area (Å²) in [5, 5.41) is 14.5. The van der Waals surface area contributed by atoms with Gasteiger partial charge in [-0.15, -0.1) is 5.10 Å². The summed E-state index contributed by atoms with van der Waals surface area (Å²) in [4.78, 5) is 12.2. The van der Waals surface area contributed by atoms with Gasteiger partial charge in [0.2, 0.25) is 0 Å². The average molecular weight is 323 g/mol. The van der Waals surface area contributed by atoms with Crippen molar-refractivity contribution in [2.75, 3.05) is 7.11 Å². The summed E-state index contributed by atoms with van der Waals surface area (Å²) in [7, 11) is 1.61. The first-order valence-corrected chi connectivity index (χ1v) is 7.44. The molecule has 0 atom stereocenters. The Hall–Kier alpha value is -3.22. The van der Waals surface area contributed by atoms with Gasteiger partial charge in [-0.3, -0.25) is 4.79 Å². The Labute approximate surface area is 139 Å². The molecule has 3 rings (SSSR count). The molecule has 0 bridgehead atoms. The smallest absolute Gasteiger partial charge is 0.251 e. The second-order valence-corrected chi connectivity index (χ2v) is 5.26. The molecule has 0 aliphatic heterocycles. The average Bonchev–Trinajstić information content (AvgIpc) is 3.08. The predicted octanol–water partition coefficient (Wildman–Crippen LogP) is 1.91.